The first-order valence-electron chi connectivity index (χ1n) is 7.52. The summed E-state index contributed by atoms with van der Waals surface area (Å²) >= 11 is 0. The molecule has 1 saturated heterocycles. The Balaban J connectivity index is 1.98. The van der Waals surface area contributed by atoms with Crippen LogP contribution in [0.15, 0.2) is 0 Å². The number of likely N-dealkylation sites (tertiary alicyclic amines) is 1. The fourth-order valence-corrected chi connectivity index (χ4v) is 3.09. The molecule has 0 aromatic carbocycles. The predicted octanol–water partition coefficient (Wildman–Crippen LogP) is 0.694. The second-order valence-corrected chi connectivity index (χ2v) is 6.00. The van der Waals surface area contributed by atoms with E-state index in [0.717, 1.165) is 25.7 Å². The van der Waals surface area contributed by atoms with Crippen LogP contribution in [0.3, 0.4) is 0 Å². The smallest absolute Gasteiger partial charge is 0.329 e. The number of rotatable bonds is 3. The third kappa shape index (κ3) is 3.46. The molecule has 1 unspecified atom stereocenters. The van der Waals surface area contributed by atoms with E-state index in [1.165, 1.54) is 0 Å². The summed E-state index contributed by atoms with van der Waals surface area (Å²) in [6, 6.07) is -1.11. The highest BCUT2D eigenvalue weighted by molar-refractivity contribution is 5.91. The van der Waals surface area contributed by atoms with Crippen molar-refractivity contribution in [1.29, 1.82) is 0 Å². The van der Waals surface area contributed by atoms with Crippen LogP contribution in [0.1, 0.15) is 44.9 Å². The lowest BCUT2D eigenvalue weighted by molar-refractivity contribution is -0.145. The first-order chi connectivity index (χ1) is 9.94. The largest absolute Gasteiger partial charge is 0.480 e. The summed E-state index contributed by atoms with van der Waals surface area (Å²) in [5.74, 6) is -1.12. The van der Waals surface area contributed by atoms with Crippen molar-refractivity contribution in [2.24, 2.45) is 0 Å². The molecule has 0 spiro atoms. The Bertz CT molecular complexity index is 430. The number of urea groups is 1. The molecule has 2 rings (SSSR count). The number of hydrogen-bond acceptors (Lipinski definition) is 3. The maximum atomic E-state index is 12.1. The van der Waals surface area contributed by atoms with Gasteiger partial charge in [0.15, 0.2) is 0 Å². The zero-order chi connectivity index (χ0) is 15.5. The van der Waals surface area contributed by atoms with Crippen LogP contribution in [0.4, 0.5) is 4.79 Å². The summed E-state index contributed by atoms with van der Waals surface area (Å²) in [7, 11) is 1.69. The lowest BCUT2D eigenvalue weighted by Crippen LogP contribution is -2.58. The second-order valence-electron chi connectivity index (χ2n) is 6.00. The summed E-state index contributed by atoms with van der Waals surface area (Å²) in [4.78, 5) is 37.0. The van der Waals surface area contributed by atoms with Gasteiger partial charge in [-0.25, -0.2) is 9.59 Å². The molecule has 3 N–H and O–H groups in total. The van der Waals surface area contributed by atoms with Crippen molar-refractivity contribution in [1.82, 2.24) is 15.5 Å². The monoisotopic (exact) mass is 297 g/mol. The molecule has 1 aliphatic carbocycles. The SMILES string of the molecule is CN1CCC(NC(=O)NC2(C(=O)O)CCCCCC2)C1=O. The van der Waals surface area contributed by atoms with Gasteiger partial charge in [-0.15, -0.1) is 0 Å². The highest BCUT2D eigenvalue weighted by Crippen LogP contribution is 2.27. The standard InChI is InChI=1S/C14H23N3O4/c1-17-9-6-10(11(17)18)15-13(21)16-14(12(19)20)7-4-2-3-5-8-14/h10H,2-9H2,1H3,(H,19,20)(H2,15,16,21). The van der Waals surface area contributed by atoms with Crippen molar-refractivity contribution in [3.05, 3.63) is 0 Å². The van der Waals surface area contributed by atoms with Crippen LogP contribution in [-0.2, 0) is 9.59 Å². The van der Waals surface area contributed by atoms with Crippen molar-refractivity contribution in [2.75, 3.05) is 13.6 Å². The van der Waals surface area contributed by atoms with Crippen LogP contribution in [0.2, 0.25) is 0 Å². The number of aliphatic carboxylic acids is 1. The molecule has 21 heavy (non-hydrogen) atoms. The number of carbonyl (C=O) groups is 3. The fraction of sp³-hybridized carbons (Fsp3) is 0.786. The third-order valence-electron chi connectivity index (χ3n) is 4.45. The molecule has 3 amide bonds. The number of nitrogens with one attached hydrogen (secondary N) is 2. The van der Waals surface area contributed by atoms with Crippen LogP contribution in [0.5, 0.6) is 0 Å². The Morgan fingerprint density at radius 3 is 2.33 bits per heavy atom. The van der Waals surface area contributed by atoms with Crippen LogP contribution in [0.25, 0.3) is 0 Å². The van der Waals surface area contributed by atoms with Gasteiger partial charge in [-0.2, -0.15) is 0 Å². The van der Waals surface area contributed by atoms with Gasteiger partial charge in [0.1, 0.15) is 11.6 Å². The van der Waals surface area contributed by atoms with Gasteiger partial charge in [0.25, 0.3) is 0 Å². The lowest BCUT2D eigenvalue weighted by atomic mass is 9.90. The first kappa shape index (κ1) is 15.6. The molecule has 1 atom stereocenters. The van der Waals surface area contributed by atoms with Gasteiger partial charge >= 0.3 is 12.0 Å². The zero-order valence-corrected chi connectivity index (χ0v) is 12.4. The Hall–Kier alpha value is -1.79. The van der Waals surface area contributed by atoms with Gasteiger partial charge in [-0.05, 0) is 19.3 Å². The molecule has 0 aromatic heterocycles. The lowest BCUT2D eigenvalue weighted by Gasteiger charge is -2.29. The molecule has 1 aliphatic heterocycles. The molecule has 0 radical (unpaired) electrons. The van der Waals surface area contributed by atoms with E-state index < -0.39 is 23.6 Å². The van der Waals surface area contributed by atoms with E-state index in [0.29, 0.717) is 25.8 Å². The molecule has 118 valence electrons. The minimum Gasteiger partial charge on any atom is -0.480 e. The Labute approximate surface area is 124 Å². The van der Waals surface area contributed by atoms with Gasteiger partial charge < -0.3 is 20.6 Å². The third-order valence-corrected chi connectivity index (χ3v) is 4.45. The first-order valence-corrected chi connectivity index (χ1v) is 7.52. The molecular formula is C14H23N3O4. The van der Waals surface area contributed by atoms with Gasteiger partial charge in [-0.3, -0.25) is 4.79 Å². The topological polar surface area (TPSA) is 98.7 Å². The minimum atomic E-state index is -1.20. The molecule has 1 saturated carbocycles. The van der Waals surface area contributed by atoms with Crippen LogP contribution >= 0.6 is 0 Å². The van der Waals surface area contributed by atoms with E-state index >= 15 is 0 Å². The van der Waals surface area contributed by atoms with E-state index in [2.05, 4.69) is 10.6 Å². The number of nitrogens with zero attached hydrogens (tertiary/aromatic N) is 1. The second kappa shape index (κ2) is 6.32. The fourth-order valence-electron chi connectivity index (χ4n) is 3.09. The van der Waals surface area contributed by atoms with Crippen LogP contribution < -0.4 is 10.6 Å². The number of carboxylic acid groups (broad SMARTS) is 1. The van der Waals surface area contributed by atoms with Crippen molar-refractivity contribution in [3.8, 4) is 0 Å². The summed E-state index contributed by atoms with van der Waals surface area (Å²) in [5, 5.41) is 14.7. The maximum absolute atomic E-state index is 12.1. The van der Waals surface area contributed by atoms with Crippen molar-refractivity contribution >= 4 is 17.9 Å². The molecule has 1 heterocycles. The molecule has 2 aliphatic rings. The van der Waals surface area contributed by atoms with E-state index in [4.69, 9.17) is 0 Å². The Morgan fingerprint density at radius 2 is 1.86 bits per heavy atom. The molecule has 7 heteroatoms. The molecule has 0 aromatic rings. The zero-order valence-electron chi connectivity index (χ0n) is 12.4. The summed E-state index contributed by atoms with van der Waals surface area (Å²) in [6.07, 6.45) is 5.00. The highest BCUT2D eigenvalue weighted by Gasteiger charge is 2.41. The highest BCUT2D eigenvalue weighted by atomic mass is 16.4. The van der Waals surface area contributed by atoms with Crippen LogP contribution in [-0.4, -0.2) is 53.1 Å². The summed E-state index contributed by atoms with van der Waals surface area (Å²) in [6.45, 7) is 0.605. The number of hydrogen-bond donors (Lipinski definition) is 3. The summed E-state index contributed by atoms with van der Waals surface area (Å²) in [5.41, 5.74) is -1.20. The molecular weight excluding hydrogens is 274 g/mol. The normalized spacial score (nSPS) is 25.3. The van der Waals surface area contributed by atoms with E-state index in [1.807, 2.05) is 0 Å². The molecule has 2 fully saturated rings. The van der Waals surface area contributed by atoms with Gasteiger partial charge in [0.05, 0.1) is 0 Å². The number of amides is 3. The van der Waals surface area contributed by atoms with Crippen LogP contribution in [0, 0.1) is 0 Å². The minimum absolute atomic E-state index is 0.129. The van der Waals surface area contributed by atoms with E-state index in [-0.39, 0.29) is 5.91 Å². The Morgan fingerprint density at radius 1 is 1.24 bits per heavy atom. The van der Waals surface area contributed by atoms with Gasteiger partial charge in [-0.1, -0.05) is 25.7 Å². The number of carbonyl (C=O) groups excluding carboxylic acids is 2. The van der Waals surface area contributed by atoms with Crippen molar-refractivity contribution in [3.63, 3.8) is 0 Å². The number of likely N-dealkylation sites (N-methyl/N-ethyl adjacent to an activating group) is 1. The van der Waals surface area contributed by atoms with Gasteiger partial charge in [0, 0.05) is 13.6 Å². The maximum Gasteiger partial charge on any atom is 0.329 e. The average Bonchev–Trinajstić information content (AvgIpc) is 2.67. The average molecular weight is 297 g/mol. The number of carboxylic acids is 1. The molecule has 0 bridgehead atoms. The van der Waals surface area contributed by atoms with Gasteiger partial charge in [0.2, 0.25) is 5.91 Å². The van der Waals surface area contributed by atoms with E-state index in [1.54, 1.807) is 11.9 Å². The van der Waals surface area contributed by atoms with Crippen molar-refractivity contribution < 1.29 is 19.5 Å². The molecule has 7 nitrogen and oxygen atoms in total. The quantitative estimate of drug-likeness (QED) is 0.668. The summed E-state index contributed by atoms with van der Waals surface area (Å²) < 4.78 is 0. The van der Waals surface area contributed by atoms with Crippen molar-refractivity contribution in [2.45, 2.75) is 56.5 Å². The van der Waals surface area contributed by atoms with E-state index in [9.17, 15) is 19.5 Å². The predicted molar refractivity (Wildman–Crippen MR) is 75.8 cm³/mol. The Kier molecular flexibility index (Phi) is 4.69.